The molecule has 1 N–H and O–H groups in total. The second kappa shape index (κ2) is 9.07. The fourth-order valence-electron chi connectivity index (χ4n) is 2.97. The molecule has 7 nitrogen and oxygen atoms in total. The molecule has 0 spiro atoms. The highest BCUT2D eigenvalue weighted by atomic mass is 35.5. The maximum Gasteiger partial charge on any atom is 0.243 e. The molecule has 160 valence electrons. The number of rotatable bonds is 8. The maximum absolute atomic E-state index is 12.6. The van der Waals surface area contributed by atoms with Crippen molar-refractivity contribution in [2.45, 2.75) is 24.8 Å². The van der Waals surface area contributed by atoms with Crippen molar-refractivity contribution < 1.29 is 22.4 Å². The summed E-state index contributed by atoms with van der Waals surface area (Å²) in [7, 11) is -2.46. The largest absolute Gasteiger partial charge is 0.490 e. The van der Waals surface area contributed by atoms with Gasteiger partial charge < -0.3 is 14.5 Å². The average Bonchev–Trinajstić information content (AvgIpc) is 3.14. The van der Waals surface area contributed by atoms with E-state index in [0.717, 1.165) is 9.69 Å². The molecular formula is C21H23ClN2O5S. The molecule has 1 heterocycles. The molecule has 1 unspecified atom stereocenters. The predicted molar refractivity (Wildman–Crippen MR) is 115 cm³/mol. The van der Waals surface area contributed by atoms with E-state index in [0.29, 0.717) is 28.7 Å². The third-order valence-corrected chi connectivity index (χ3v) is 6.59. The Hall–Kier alpha value is -2.55. The van der Waals surface area contributed by atoms with Gasteiger partial charge in [-0.1, -0.05) is 23.7 Å². The van der Waals surface area contributed by atoms with Crippen LogP contribution in [0.3, 0.4) is 0 Å². The average molecular weight is 451 g/mol. The van der Waals surface area contributed by atoms with Gasteiger partial charge >= 0.3 is 0 Å². The van der Waals surface area contributed by atoms with E-state index in [-0.39, 0.29) is 11.4 Å². The zero-order valence-electron chi connectivity index (χ0n) is 16.9. The van der Waals surface area contributed by atoms with Crippen molar-refractivity contribution >= 4 is 38.5 Å². The van der Waals surface area contributed by atoms with Crippen LogP contribution in [0.25, 0.3) is 11.0 Å². The molecule has 30 heavy (non-hydrogen) atoms. The zero-order chi connectivity index (χ0) is 21.9. The van der Waals surface area contributed by atoms with Crippen LogP contribution in [-0.4, -0.2) is 38.8 Å². The number of furan rings is 1. The summed E-state index contributed by atoms with van der Waals surface area (Å²) in [5.41, 5.74) is 0.609. The maximum atomic E-state index is 12.6. The normalized spacial score (nSPS) is 12.8. The van der Waals surface area contributed by atoms with Crippen molar-refractivity contribution in [3.8, 4) is 5.75 Å². The van der Waals surface area contributed by atoms with Crippen LogP contribution < -0.4 is 10.1 Å². The molecule has 0 saturated heterocycles. The molecule has 1 amide bonds. The number of hydrogen-bond donors (Lipinski definition) is 1. The molecule has 0 aliphatic heterocycles. The minimum atomic E-state index is -3.81. The number of carbonyl (C=O) groups is 1. The molecule has 0 fully saturated rings. The van der Waals surface area contributed by atoms with Gasteiger partial charge in [-0.25, -0.2) is 8.42 Å². The first-order valence-electron chi connectivity index (χ1n) is 9.39. The molecule has 3 rings (SSSR count). The van der Waals surface area contributed by atoms with Crippen molar-refractivity contribution in [1.29, 1.82) is 0 Å². The van der Waals surface area contributed by atoms with Gasteiger partial charge in [0, 0.05) is 17.5 Å². The van der Waals surface area contributed by atoms with E-state index in [9.17, 15) is 13.2 Å². The quantitative estimate of drug-likeness (QED) is 0.560. The Labute approximate surface area is 180 Å². The van der Waals surface area contributed by atoms with Crippen molar-refractivity contribution in [2.24, 2.45) is 0 Å². The first-order valence-corrected chi connectivity index (χ1v) is 11.2. The van der Waals surface area contributed by atoms with Crippen LogP contribution in [0.4, 0.5) is 0 Å². The number of fused-ring (bicyclic) bond motifs is 1. The van der Waals surface area contributed by atoms with Crippen LogP contribution in [0, 0.1) is 0 Å². The Morgan fingerprint density at radius 2 is 1.93 bits per heavy atom. The number of sulfonamides is 1. The Balaban J connectivity index is 1.69. The van der Waals surface area contributed by atoms with Crippen molar-refractivity contribution in [2.75, 3.05) is 20.2 Å². The van der Waals surface area contributed by atoms with E-state index in [1.165, 1.54) is 31.3 Å². The topological polar surface area (TPSA) is 88.9 Å². The molecule has 1 aromatic heterocycles. The van der Waals surface area contributed by atoms with Crippen molar-refractivity contribution in [1.82, 2.24) is 9.62 Å². The van der Waals surface area contributed by atoms with Crippen LogP contribution >= 0.6 is 11.6 Å². The Morgan fingerprint density at radius 1 is 1.23 bits per heavy atom. The van der Waals surface area contributed by atoms with Gasteiger partial charge in [0.25, 0.3) is 0 Å². The highest BCUT2D eigenvalue weighted by Crippen LogP contribution is 2.31. The minimum Gasteiger partial charge on any atom is -0.490 e. The number of hydrogen-bond acceptors (Lipinski definition) is 5. The number of amides is 1. The lowest BCUT2D eigenvalue weighted by Crippen LogP contribution is -2.39. The Kier molecular flexibility index (Phi) is 6.70. The summed E-state index contributed by atoms with van der Waals surface area (Å²) in [5, 5.41) is 4.06. The van der Waals surface area contributed by atoms with E-state index < -0.39 is 22.0 Å². The lowest BCUT2D eigenvalue weighted by molar-refractivity contribution is -0.121. The summed E-state index contributed by atoms with van der Waals surface area (Å²) in [6, 6.07) is 12.7. The molecule has 2 aromatic carbocycles. The molecule has 9 heteroatoms. The molecule has 0 saturated carbocycles. The van der Waals surface area contributed by atoms with E-state index in [1.54, 1.807) is 6.92 Å². The van der Waals surface area contributed by atoms with Crippen LogP contribution in [0.2, 0.25) is 5.02 Å². The highest BCUT2D eigenvalue weighted by molar-refractivity contribution is 7.89. The second-order valence-corrected chi connectivity index (χ2v) is 9.24. The molecule has 0 aliphatic carbocycles. The van der Waals surface area contributed by atoms with Gasteiger partial charge in [0.2, 0.25) is 15.9 Å². The first-order chi connectivity index (χ1) is 14.2. The number of ether oxygens (including phenoxy) is 1. The molecule has 1 atom stereocenters. The van der Waals surface area contributed by atoms with Crippen LogP contribution in [-0.2, 0) is 14.8 Å². The summed E-state index contributed by atoms with van der Waals surface area (Å²) in [6.07, 6.45) is 0. The van der Waals surface area contributed by atoms with Crippen LogP contribution in [0.15, 0.2) is 57.8 Å². The third kappa shape index (κ3) is 4.77. The number of likely N-dealkylation sites (N-methyl/N-ethyl adjacent to an activating group) is 1. The molecular weight excluding hydrogens is 428 g/mol. The van der Waals surface area contributed by atoms with E-state index in [1.807, 2.05) is 31.2 Å². The smallest absolute Gasteiger partial charge is 0.243 e. The van der Waals surface area contributed by atoms with Gasteiger partial charge in [0.05, 0.1) is 24.1 Å². The van der Waals surface area contributed by atoms with Gasteiger partial charge in [-0.15, -0.1) is 0 Å². The number of halogens is 1. The fourth-order valence-corrected chi connectivity index (χ4v) is 4.22. The Morgan fingerprint density at radius 3 is 2.60 bits per heavy atom. The lowest BCUT2D eigenvalue weighted by atomic mass is 10.2. The summed E-state index contributed by atoms with van der Waals surface area (Å²) in [4.78, 5) is 12.5. The number of para-hydroxylation sites is 1. The highest BCUT2D eigenvalue weighted by Gasteiger charge is 2.24. The summed E-state index contributed by atoms with van der Waals surface area (Å²) in [5.74, 6) is 0.732. The Bertz CT molecular complexity index is 1140. The van der Waals surface area contributed by atoms with Gasteiger partial charge in [-0.05, 0) is 50.2 Å². The van der Waals surface area contributed by atoms with Gasteiger partial charge in [-0.2, -0.15) is 4.31 Å². The molecule has 0 bridgehead atoms. The number of benzene rings is 2. The van der Waals surface area contributed by atoms with E-state index in [2.05, 4.69) is 5.32 Å². The summed E-state index contributed by atoms with van der Waals surface area (Å²) >= 11 is 5.81. The van der Waals surface area contributed by atoms with Gasteiger partial charge in [0.15, 0.2) is 11.3 Å². The van der Waals surface area contributed by atoms with Gasteiger partial charge in [0.1, 0.15) is 5.76 Å². The third-order valence-electron chi connectivity index (χ3n) is 4.52. The number of carbonyl (C=O) groups excluding carboxylic acids is 1. The summed E-state index contributed by atoms with van der Waals surface area (Å²) in [6.45, 7) is 3.83. The monoisotopic (exact) mass is 450 g/mol. The molecule has 3 aromatic rings. The molecule has 0 aliphatic rings. The second-order valence-electron chi connectivity index (χ2n) is 6.76. The number of nitrogens with one attached hydrogen (secondary N) is 1. The van der Waals surface area contributed by atoms with E-state index in [4.69, 9.17) is 20.8 Å². The van der Waals surface area contributed by atoms with Crippen molar-refractivity contribution in [3.05, 3.63) is 59.3 Å². The predicted octanol–water partition coefficient (Wildman–Crippen LogP) is 3.98. The van der Waals surface area contributed by atoms with E-state index >= 15 is 0 Å². The van der Waals surface area contributed by atoms with Crippen LogP contribution in [0.5, 0.6) is 5.75 Å². The first kappa shape index (κ1) is 22.1. The number of nitrogens with zero attached hydrogens (tertiary/aromatic N) is 1. The molecule has 0 radical (unpaired) electrons. The fraction of sp³-hybridized carbons (Fsp3) is 0.286. The summed E-state index contributed by atoms with van der Waals surface area (Å²) < 4.78 is 37.7. The SMILES string of the molecule is CCOc1cccc2cc(C(C)NC(=O)CN(C)S(=O)(=O)c3ccc(Cl)cc3)oc12. The van der Waals surface area contributed by atoms with Gasteiger partial charge in [-0.3, -0.25) is 4.79 Å². The zero-order valence-corrected chi connectivity index (χ0v) is 18.5. The standard InChI is InChI=1S/C21H23ClN2O5S/c1-4-28-18-7-5-6-15-12-19(29-21(15)18)14(2)23-20(25)13-24(3)30(26,27)17-10-8-16(22)9-11-17/h5-12,14H,4,13H2,1-3H3,(H,23,25). The van der Waals surface area contributed by atoms with Crippen LogP contribution in [0.1, 0.15) is 25.6 Å². The van der Waals surface area contributed by atoms with Crippen molar-refractivity contribution in [3.63, 3.8) is 0 Å². The minimum absolute atomic E-state index is 0.0657. The lowest BCUT2D eigenvalue weighted by Gasteiger charge is -2.18.